The van der Waals surface area contributed by atoms with Gasteiger partial charge in [-0.3, -0.25) is 14.3 Å². The zero-order valence-electron chi connectivity index (χ0n) is 16.2. The second kappa shape index (κ2) is 7.67. The van der Waals surface area contributed by atoms with Gasteiger partial charge in [0, 0.05) is 20.6 Å². The van der Waals surface area contributed by atoms with E-state index < -0.39 is 11.2 Å². The summed E-state index contributed by atoms with van der Waals surface area (Å²) in [7, 11) is 3.76. The largest absolute Gasteiger partial charge is 0.369 e. The van der Waals surface area contributed by atoms with Crippen molar-refractivity contribution in [2.45, 2.75) is 13.0 Å². The molecule has 4 aromatic rings. The molecule has 2 aromatic heterocycles. The predicted octanol–water partition coefficient (Wildman–Crippen LogP) is 2.10. The van der Waals surface area contributed by atoms with Crippen LogP contribution in [-0.4, -0.2) is 44.9 Å². The molecule has 8 nitrogen and oxygen atoms in total. The van der Waals surface area contributed by atoms with Gasteiger partial charge in [-0.25, -0.2) is 19.8 Å². The third kappa shape index (κ3) is 3.91. The van der Waals surface area contributed by atoms with Crippen LogP contribution in [0.2, 0.25) is 0 Å². The molecule has 29 heavy (non-hydrogen) atoms. The fraction of sp³-hybridized carbons (Fsp3) is 0.190. The van der Waals surface area contributed by atoms with Crippen molar-refractivity contribution in [2.75, 3.05) is 14.1 Å². The van der Waals surface area contributed by atoms with E-state index in [-0.39, 0.29) is 17.7 Å². The molecule has 0 fully saturated rings. The van der Waals surface area contributed by atoms with Gasteiger partial charge < -0.3 is 4.90 Å². The number of aromatic amines is 1. The Hall–Kier alpha value is -3.81. The third-order valence-electron chi connectivity index (χ3n) is 4.47. The average Bonchev–Trinajstić information content (AvgIpc) is 2.71. The van der Waals surface area contributed by atoms with Crippen molar-refractivity contribution in [3.05, 3.63) is 74.9 Å². The van der Waals surface area contributed by atoms with E-state index in [4.69, 9.17) is 0 Å². The standard InChI is InChI=1S/C21H20N6O2/c1-26(2)13-22-15-8-9-16-17(12-15)24-19-18(23-16)20(28)27(21(29)25-19)11-10-14-6-4-3-5-7-14/h3-9,12-13H,10-11H2,1-2H3,(H,24,25,29). The van der Waals surface area contributed by atoms with Crippen molar-refractivity contribution in [1.29, 1.82) is 0 Å². The number of H-pyrrole nitrogens is 1. The van der Waals surface area contributed by atoms with Gasteiger partial charge in [0.15, 0.2) is 11.2 Å². The van der Waals surface area contributed by atoms with Crippen molar-refractivity contribution < 1.29 is 0 Å². The molecule has 0 aliphatic carbocycles. The highest BCUT2D eigenvalue weighted by Gasteiger charge is 2.12. The normalized spacial score (nSPS) is 11.5. The first-order valence-electron chi connectivity index (χ1n) is 9.20. The molecule has 0 saturated heterocycles. The molecule has 0 radical (unpaired) electrons. The summed E-state index contributed by atoms with van der Waals surface area (Å²) in [4.78, 5) is 43.0. The van der Waals surface area contributed by atoms with Gasteiger partial charge in [-0.05, 0) is 30.2 Å². The van der Waals surface area contributed by atoms with E-state index in [1.807, 2.05) is 55.4 Å². The second-order valence-corrected chi connectivity index (χ2v) is 6.92. The lowest BCUT2D eigenvalue weighted by molar-refractivity contribution is 0.634. The molecule has 0 bridgehead atoms. The van der Waals surface area contributed by atoms with Crippen LogP contribution in [0, 0.1) is 0 Å². The highest BCUT2D eigenvalue weighted by Crippen LogP contribution is 2.19. The Labute approximate surface area is 166 Å². The number of hydrogen-bond donors (Lipinski definition) is 1. The lowest BCUT2D eigenvalue weighted by Crippen LogP contribution is -2.36. The van der Waals surface area contributed by atoms with Gasteiger partial charge in [-0.1, -0.05) is 30.3 Å². The second-order valence-electron chi connectivity index (χ2n) is 6.92. The topological polar surface area (TPSA) is 96.2 Å². The van der Waals surface area contributed by atoms with Gasteiger partial charge in [0.05, 0.1) is 23.1 Å². The number of aromatic nitrogens is 4. The molecule has 0 saturated carbocycles. The van der Waals surface area contributed by atoms with Crippen molar-refractivity contribution in [3.63, 3.8) is 0 Å². The summed E-state index contributed by atoms with van der Waals surface area (Å²) in [6.45, 7) is 0.270. The van der Waals surface area contributed by atoms with Crippen molar-refractivity contribution in [1.82, 2.24) is 24.4 Å². The molecule has 2 aromatic carbocycles. The minimum Gasteiger partial charge on any atom is -0.369 e. The molecular weight excluding hydrogens is 368 g/mol. The van der Waals surface area contributed by atoms with Crippen LogP contribution in [0.15, 0.2) is 63.1 Å². The van der Waals surface area contributed by atoms with Crippen LogP contribution < -0.4 is 11.2 Å². The van der Waals surface area contributed by atoms with Crippen LogP contribution in [0.3, 0.4) is 0 Å². The monoisotopic (exact) mass is 388 g/mol. The Bertz CT molecular complexity index is 1320. The summed E-state index contributed by atoms with van der Waals surface area (Å²) in [5.41, 5.74) is 2.28. The van der Waals surface area contributed by atoms with Crippen LogP contribution in [0.5, 0.6) is 0 Å². The predicted molar refractivity (Wildman–Crippen MR) is 114 cm³/mol. The molecular formula is C21H20N6O2. The van der Waals surface area contributed by atoms with E-state index >= 15 is 0 Å². The zero-order valence-corrected chi connectivity index (χ0v) is 16.2. The molecule has 4 rings (SSSR count). The summed E-state index contributed by atoms with van der Waals surface area (Å²) in [5, 5.41) is 0. The summed E-state index contributed by atoms with van der Waals surface area (Å²) in [5.74, 6) is 0. The first-order valence-corrected chi connectivity index (χ1v) is 9.20. The Morgan fingerprint density at radius 1 is 1.07 bits per heavy atom. The number of benzene rings is 2. The molecule has 0 spiro atoms. The van der Waals surface area contributed by atoms with Crippen molar-refractivity contribution in [3.8, 4) is 0 Å². The van der Waals surface area contributed by atoms with Gasteiger partial charge in [0.1, 0.15) is 0 Å². The number of fused-ring (bicyclic) bond motifs is 2. The van der Waals surface area contributed by atoms with Crippen LogP contribution in [0.25, 0.3) is 22.2 Å². The number of nitrogens with one attached hydrogen (secondary N) is 1. The van der Waals surface area contributed by atoms with E-state index in [0.29, 0.717) is 23.1 Å². The number of aryl methyl sites for hydroxylation is 1. The molecule has 146 valence electrons. The van der Waals surface area contributed by atoms with Gasteiger partial charge in [0.25, 0.3) is 5.56 Å². The Morgan fingerprint density at radius 3 is 2.62 bits per heavy atom. The third-order valence-corrected chi connectivity index (χ3v) is 4.47. The lowest BCUT2D eigenvalue weighted by atomic mass is 10.1. The smallest absolute Gasteiger partial charge is 0.330 e. The van der Waals surface area contributed by atoms with E-state index in [1.54, 1.807) is 18.5 Å². The molecule has 0 aliphatic rings. The maximum atomic E-state index is 12.9. The summed E-state index contributed by atoms with van der Waals surface area (Å²) >= 11 is 0. The van der Waals surface area contributed by atoms with Gasteiger partial charge in [-0.15, -0.1) is 0 Å². The van der Waals surface area contributed by atoms with Crippen LogP contribution in [-0.2, 0) is 13.0 Å². The molecule has 2 heterocycles. The number of rotatable bonds is 5. The Balaban J connectivity index is 1.75. The van der Waals surface area contributed by atoms with Crippen LogP contribution >= 0.6 is 0 Å². The van der Waals surface area contributed by atoms with Gasteiger partial charge in [0.2, 0.25) is 0 Å². The van der Waals surface area contributed by atoms with E-state index in [9.17, 15) is 9.59 Å². The summed E-state index contributed by atoms with van der Waals surface area (Å²) < 4.78 is 1.17. The minimum absolute atomic E-state index is 0.148. The quantitative estimate of drug-likeness (QED) is 0.321. The molecule has 0 atom stereocenters. The Kier molecular flexibility index (Phi) is 4.90. The fourth-order valence-electron chi connectivity index (χ4n) is 3.02. The molecule has 8 heteroatoms. The first kappa shape index (κ1) is 18.5. The van der Waals surface area contributed by atoms with Crippen LogP contribution in [0.1, 0.15) is 5.56 Å². The minimum atomic E-state index is -0.492. The fourth-order valence-corrected chi connectivity index (χ4v) is 3.02. The number of aliphatic imine (C=N–C) groups is 1. The van der Waals surface area contributed by atoms with E-state index in [1.165, 1.54) is 4.57 Å². The number of nitrogens with zero attached hydrogens (tertiary/aromatic N) is 5. The SMILES string of the molecule is CN(C)C=Nc1ccc2nc3c(=O)n(CCc4ccccc4)c(=O)[nH]c3nc2c1. The first-order chi connectivity index (χ1) is 14.0. The molecule has 0 unspecified atom stereocenters. The molecule has 0 aliphatic heterocycles. The Morgan fingerprint density at radius 2 is 1.86 bits per heavy atom. The molecule has 1 N–H and O–H groups in total. The maximum Gasteiger partial charge on any atom is 0.330 e. The van der Waals surface area contributed by atoms with E-state index in [0.717, 1.165) is 5.56 Å². The van der Waals surface area contributed by atoms with Gasteiger partial charge in [-0.2, -0.15) is 0 Å². The highest BCUT2D eigenvalue weighted by atomic mass is 16.2. The summed E-state index contributed by atoms with van der Waals surface area (Å²) in [6.07, 6.45) is 2.26. The van der Waals surface area contributed by atoms with Crippen LogP contribution in [0.4, 0.5) is 5.69 Å². The highest BCUT2D eigenvalue weighted by molar-refractivity contribution is 5.85. The zero-order chi connectivity index (χ0) is 20.4. The van der Waals surface area contributed by atoms with Crippen molar-refractivity contribution >= 4 is 34.2 Å². The summed E-state index contributed by atoms with van der Waals surface area (Å²) in [6, 6.07) is 15.0. The molecule has 0 amide bonds. The number of hydrogen-bond acceptors (Lipinski definition) is 5. The average molecular weight is 388 g/mol. The van der Waals surface area contributed by atoms with Gasteiger partial charge >= 0.3 is 5.69 Å². The van der Waals surface area contributed by atoms with Crippen molar-refractivity contribution in [2.24, 2.45) is 4.99 Å². The maximum absolute atomic E-state index is 12.9. The van der Waals surface area contributed by atoms with E-state index in [2.05, 4.69) is 19.9 Å². The lowest BCUT2D eigenvalue weighted by Gasteiger charge is -2.07.